The summed E-state index contributed by atoms with van der Waals surface area (Å²) in [5.41, 5.74) is 9.96. The van der Waals surface area contributed by atoms with E-state index in [1.807, 2.05) is 73.3 Å². The Morgan fingerprint density at radius 3 is 0.980 bits per heavy atom. The van der Waals surface area contributed by atoms with Crippen LogP contribution >= 0.6 is 0 Å². The first-order valence-electron chi connectivity index (χ1n) is 16.8. The van der Waals surface area contributed by atoms with Crippen molar-refractivity contribution >= 4 is 0 Å². The summed E-state index contributed by atoms with van der Waals surface area (Å²) in [6, 6.07) is 45.1. The topological polar surface area (TPSA) is 83.8 Å². The summed E-state index contributed by atoms with van der Waals surface area (Å²) in [6.07, 6.45) is 7.35. The largest absolute Gasteiger partial charge is 0.286 e. The zero-order valence-electron chi connectivity index (χ0n) is 27.8. The quantitative estimate of drug-likeness (QED) is 0.118. The third kappa shape index (κ3) is 9.14. The highest BCUT2D eigenvalue weighted by molar-refractivity contribution is 5.69. The van der Waals surface area contributed by atoms with Crippen molar-refractivity contribution < 1.29 is 0 Å². The molecule has 8 heteroatoms. The first-order valence-corrected chi connectivity index (χ1v) is 16.8. The maximum atomic E-state index is 5.12. The number of rotatable bonds is 14. The lowest BCUT2D eigenvalue weighted by Crippen LogP contribution is -2.24. The molecule has 0 saturated heterocycles. The summed E-state index contributed by atoms with van der Waals surface area (Å²) < 4.78 is 0. The zero-order chi connectivity index (χ0) is 33.8. The molecule has 0 N–H and O–H groups in total. The van der Waals surface area contributed by atoms with Gasteiger partial charge in [-0.3, -0.25) is 39.7 Å². The van der Waals surface area contributed by atoms with Crippen LogP contribution in [0.5, 0.6) is 0 Å². The van der Waals surface area contributed by atoms with Crippen LogP contribution in [-0.4, -0.2) is 39.7 Å². The molecule has 0 aliphatic carbocycles. The van der Waals surface area contributed by atoms with Gasteiger partial charge >= 0.3 is 0 Å². The molecule has 0 aliphatic rings. The average molecular weight is 655 g/mol. The minimum Gasteiger partial charge on any atom is -0.286 e. The van der Waals surface area contributed by atoms with E-state index in [2.05, 4.69) is 115 Å². The lowest BCUT2D eigenvalue weighted by molar-refractivity contribution is 0.239. The Morgan fingerprint density at radius 1 is 0.320 bits per heavy atom. The molecule has 0 amide bonds. The molecule has 7 rings (SSSR count). The van der Waals surface area contributed by atoms with E-state index in [0.717, 1.165) is 56.7 Å². The van der Waals surface area contributed by atoms with Crippen LogP contribution in [0, 0.1) is 0 Å². The van der Waals surface area contributed by atoms with Crippen LogP contribution in [0.4, 0.5) is 0 Å². The third-order valence-corrected chi connectivity index (χ3v) is 8.29. The van der Waals surface area contributed by atoms with E-state index in [1.54, 1.807) is 0 Å². The van der Waals surface area contributed by atoms with Gasteiger partial charge in [0.2, 0.25) is 0 Å². The van der Waals surface area contributed by atoms with Gasteiger partial charge in [-0.25, -0.2) is 0 Å². The summed E-state index contributed by atoms with van der Waals surface area (Å²) in [4.78, 5) is 33.2. The number of hydrogen-bond acceptors (Lipinski definition) is 8. The highest BCUT2D eigenvalue weighted by Gasteiger charge is 2.14. The van der Waals surface area contributed by atoms with E-state index in [1.165, 1.54) is 0 Å². The molecule has 7 aromatic rings. The second-order valence-corrected chi connectivity index (χ2v) is 12.2. The smallest absolute Gasteiger partial charge is 0.0706 e. The Kier molecular flexibility index (Phi) is 10.7. The van der Waals surface area contributed by atoms with Crippen LogP contribution in [0.3, 0.4) is 0 Å². The summed E-state index contributed by atoms with van der Waals surface area (Å²) in [5.74, 6) is 0. The normalized spacial score (nSPS) is 11.2. The lowest BCUT2D eigenvalue weighted by Gasteiger charge is -2.22. The van der Waals surface area contributed by atoms with Crippen molar-refractivity contribution in [1.82, 2.24) is 39.7 Å². The number of nitrogens with zero attached hydrogens (tertiary/aromatic N) is 8. The van der Waals surface area contributed by atoms with Gasteiger partial charge in [0.15, 0.2) is 0 Å². The molecule has 8 nitrogen and oxygen atoms in total. The molecule has 0 spiro atoms. The highest BCUT2D eigenvalue weighted by Crippen LogP contribution is 2.26. The number of pyridine rings is 6. The Balaban J connectivity index is 1.09. The van der Waals surface area contributed by atoms with Gasteiger partial charge < -0.3 is 0 Å². The molecule has 0 fully saturated rings. The molecular formula is C42H38N8. The average Bonchev–Trinajstić information content (AvgIpc) is 3.17. The Hall–Kier alpha value is -5.96. The van der Waals surface area contributed by atoms with Crippen LogP contribution in [0.2, 0.25) is 0 Å². The molecule has 6 heterocycles. The van der Waals surface area contributed by atoms with Gasteiger partial charge in [0.1, 0.15) is 0 Å². The van der Waals surface area contributed by atoms with Crippen molar-refractivity contribution in [3.05, 3.63) is 192 Å². The van der Waals surface area contributed by atoms with Crippen molar-refractivity contribution in [2.45, 2.75) is 39.3 Å². The van der Waals surface area contributed by atoms with Crippen molar-refractivity contribution in [1.29, 1.82) is 0 Å². The number of aromatic nitrogens is 6. The van der Waals surface area contributed by atoms with Gasteiger partial charge in [-0.15, -0.1) is 0 Å². The minimum absolute atomic E-state index is 0.664. The summed E-state index contributed by atoms with van der Waals surface area (Å²) in [7, 11) is 0. The molecule has 0 unspecified atom stereocenters. The van der Waals surface area contributed by atoms with Gasteiger partial charge in [0, 0.05) is 75.2 Å². The SMILES string of the molecule is c1ccc(CN(Cc2ccccn2)Cc2cccc(-c3cccc(-c4cccc(CN(Cc5ccccn5)Cc5ccccn5)n4)c3)n2)nc1. The monoisotopic (exact) mass is 654 g/mol. The number of benzene rings is 1. The van der Waals surface area contributed by atoms with Crippen LogP contribution < -0.4 is 0 Å². The standard InChI is InChI=1S/C42H38N8/c1-5-22-43-35(14-1)27-49(28-36-15-2-6-23-44-36)31-39-18-10-20-41(47-39)33-12-9-13-34(26-33)42-21-11-19-40(48-42)32-50(29-37-16-3-7-24-45-37)30-38-17-4-8-25-46-38/h1-26H,27-32H2. The molecule has 0 atom stereocenters. The molecule has 0 saturated carbocycles. The molecule has 50 heavy (non-hydrogen) atoms. The Morgan fingerprint density at radius 2 is 0.640 bits per heavy atom. The predicted molar refractivity (Wildman–Crippen MR) is 196 cm³/mol. The van der Waals surface area contributed by atoms with E-state index < -0.39 is 0 Å². The van der Waals surface area contributed by atoms with Gasteiger partial charge in [0.25, 0.3) is 0 Å². The first-order chi connectivity index (χ1) is 24.7. The van der Waals surface area contributed by atoms with E-state index in [4.69, 9.17) is 9.97 Å². The van der Waals surface area contributed by atoms with Crippen molar-refractivity contribution in [2.24, 2.45) is 0 Å². The van der Waals surface area contributed by atoms with Crippen molar-refractivity contribution in [3.63, 3.8) is 0 Å². The molecule has 0 radical (unpaired) electrons. The highest BCUT2D eigenvalue weighted by atomic mass is 15.2. The van der Waals surface area contributed by atoms with Crippen molar-refractivity contribution in [3.8, 4) is 22.5 Å². The van der Waals surface area contributed by atoms with Crippen LogP contribution in [0.1, 0.15) is 34.2 Å². The molecule has 0 aliphatic heterocycles. The fourth-order valence-electron chi connectivity index (χ4n) is 5.97. The molecule has 6 aromatic heterocycles. The van der Waals surface area contributed by atoms with E-state index in [-0.39, 0.29) is 0 Å². The van der Waals surface area contributed by atoms with Crippen molar-refractivity contribution in [2.75, 3.05) is 0 Å². The van der Waals surface area contributed by atoms with Gasteiger partial charge in [-0.05, 0) is 78.9 Å². The molecule has 0 bridgehead atoms. The van der Waals surface area contributed by atoms with E-state index >= 15 is 0 Å². The summed E-state index contributed by atoms with van der Waals surface area (Å²) >= 11 is 0. The predicted octanol–water partition coefficient (Wildman–Crippen LogP) is 7.80. The van der Waals surface area contributed by atoms with Crippen LogP contribution in [0.15, 0.2) is 158 Å². The second kappa shape index (κ2) is 16.4. The molecule has 1 aromatic carbocycles. The van der Waals surface area contributed by atoms with Gasteiger partial charge in [-0.2, -0.15) is 0 Å². The molecule has 246 valence electrons. The second-order valence-electron chi connectivity index (χ2n) is 12.2. The lowest BCUT2D eigenvalue weighted by atomic mass is 10.0. The third-order valence-electron chi connectivity index (χ3n) is 8.29. The zero-order valence-corrected chi connectivity index (χ0v) is 27.8. The van der Waals surface area contributed by atoms with E-state index in [9.17, 15) is 0 Å². The maximum Gasteiger partial charge on any atom is 0.0706 e. The van der Waals surface area contributed by atoms with Crippen LogP contribution in [-0.2, 0) is 39.3 Å². The summed E-state index contributed by atoms with van der Waals surface area (Å²) in [5, 5.41) is 0. The maximum absolute atomic E-state index is 5.12. The van der Waals surface area contributed by atoms with Gasteiger partial charge in [-0.1, -0.05) is 54.6 Å². The Labute approximate surface area is 293 Å². The molecular weight excluding hydrogens is 617 g/mol. The fraction of sp³-hybridized carbons (Fsp3) is 0.143. The fourth-order valence-corrected chi connectivity index (χ4v) is 5.97. The number of hydrogen-bond donors (Lipinski definition) is 0. The summed E-state index contributed by atoms with van der Waals surface area (Å²) in [6.45, 7) is 4.11. The van der Waals surface area contributed by atoms with E-state index in [0.29, 0.717) is 39.3 Å². The minimum atomic E-state index is 0.664. The van der Waals surface area contributed by atoms with Gasteiger partial charge in [0.05, 0.1) is 45.6 Å². The first kappa shape index (κ1) is 32.6. The Bertz CT molecular complexity index is 1850. The van der Waals surface area contributed by atoms with Crippen LogP contribution in [0.25, 0.3) is 22.5 Å².